The molecule has 1 aromatic heterocycles. The maximum atomic E-state index is 12.5. The number of thioether (sulfide) groups is 1. The first-order valence-corrected chi connectivity index (χ1v) is 13.1. The van der Waals surface area contributed by atoms with Crippen LogP contribution in [0.3, 0.4) is 0 Å². The van der Waals surface area contributed by atoms with Gasteiger partial charge >= 0.3 is 0 Å². The van der Waals surface area contributed by atoms with E-state index in [1.165, 1.54) is 55.9 Å². The van der Waals surface area contributed by atoms with E-state index in [1.807, 2.05) is 18.2 Å². The highest BCUT2D eigenvalue weighted by atomic mass is 32.2. The quantitative estimate of drug-likeness (QED) is 0.404. The van der Waals surface area contributed by atoms with Crippen LogP contribution in [0.25, 0.3) is 0 Å². The number of aryl methyl sites for hydroxylation is 1. The molecule has 4 aliphatic carbocycles. The van der Waals surface area contributed by atoms with Crippen LogP contribution < -0.4 is 5.32 Å². The van der Waals surface area contributed by atoms with Crippen LogP contribution in [0.5, 0.6) is 0 Å². The number of rotatable bonds is 9. The minimum atomic E-state index is -0.0185. The van der Waals surface area contributed by atoms with Crippen molar-refractivity contribution in [1.82, 2.24) is 14.8 Å². The molecule has 170 valence electrons. The van der Waals surface area contributed by atoms with Crippen LogP contribution in [0, 0.1) is 23.2 Å². The molecule has 0 unspecified atom stereocenters. The van der Waals surface area contributed by atoms with Gasteiger partial charge in [0.25, 0.3) is 0 Å². The van der Waals surface area contributed by atoms with Crippen molar-refractivity contribution in [3.05, 3.63) is 48.3 Å². The summed E-state index contributed by atoms with van der Waals surface area (Å²) in [6.07, 6.45) is 12.4. The van der Waals surface area contributed by atoms with Crippen molar-refractivity contribution in [2.24, 2.45) is 23.2 Å². The highest BCUT2D eigenvalue weighted by molar-refractivity contribution is 7.99. The molecule has 5 nitrogen and oxygen atoms in total. The van der Waals surface area contributed by atoms with Crippen molar-refractivity contribution in [3.63, 3.8) is 0 Å². The van der Waals surface area contributed by atoms with Crippen molar-refractivity contribution in [3.8, 4) is 0 Å². The predicted octanol–water partition coefficient (Wildman–Crippen LogP) is 5.52. The largest absolute Gasteiger partial charge is 0.325 e. The zero-order chi connectivity index (χ0) is 22.1. The van der Waals surface area contributed by atoms with Crippen molar-refractivity contribution in [2.45, 2.75) is 70.0 Å². The summed E-state index contributed by atoms with van der Waals surface area (Å²) in [4.78, 5) is 12.5. The molecule has 4 fully saturated rings. The Balaban J connectivity index is 1.24. The van der Waals surface area contributed by atoms with Gasteiger partial charge in [0, 0.05) is 18.7 Å². The Hall–Kier alpha value is -2.08. The number of hydrogen-bond acceptors (Lipinski definition) is 4. The van der Waals surface area contributed by atoms with E-state index in [9.17, 15) is 4.79 Å². The highest BCUT2D eigenvalue weighted by Gasteiger charge is 2.51. The van der Waals surface area contributed by atoms with E-state index in [-0.39, 0.29) is 5.91 Å². The van der Waals surface area contributed by atoms with E-state index >= 15 is 0 Å². The number of nitrogens with one attached hydrogen (secondary N) is 1. The summed E-state index contributed by atoms with van der Waals surface area (Å²) in [5, 5.41) is 12.9. The number of hydrogen-bond donors (Lipinski definition) is 1. The molecular weight excluding hydrogens is 416 g/mol. The van der Waals surface area contributed by atoms with Crippen LogP contribution in [0.2, 0.25) is 0 Å². The topological polar surface area (TPSA) is 59.8 Å². The first-order chi connectivity index (χ1) is 15.6. The first kappa shape index (κ1) is 21.7. The number of aromatic nitrogens is 3. The van der Waals surface area contributed by atoms with Crippen LogP contribution >= 0.6 is 11.8 Å². The summed E-state index contributed by atoms with van der Waals surface area (Å²) in [7, 11) is 0. The van der Waals surface area contributed by atoms with Crippen molar-refractivity contribution in [2.75, 3.05) is 11.1 Å². The summed E-state index contributed by atoms with van der Waals surface area (Å²) < 4.78 is 2.18. The third-order valence-corrected chi connectivity index (χ3v) is 8.75. The van der Waals surface area contributed by atoms with Gasteiger partial charge in [-0.05, 0) is 85.8 Å². The van der Waals surface area contributed by atoms with Gasteiger partial charge in [-0.15, -0.1) is 16.8 Å². The number of amides is 1. The number of nitrogens with zero attached hydrogens (tertiary/aromatic N) is 3. The molecule has 0 spiro atoms. The molecule has 0 radical (unpaired) electrons. The molecule has 2 aromatic rings. The van der Waals surface area contributed by atoms with Gasteiger partial charge in [-0.25, -0.2) is 0 Å². The fourth-order valence-electron chi connectivity index (χ4n) is 6.86. The fraction of sp³-hybridized carbons (Fsp3) is 0.577. The summed E-state index contributed by atoms with van der Waals surface area (Å²) in [5.41, 5.74) is 2.52. The number of carbonyl (C=O) groups is 1. The molecule has 6 heteroatoms. The smallest absolute Gasteiger partial charge is 0.234 e. The van der Waals surface area contributed by atoms with Gasteiger partial charge in [-0.3, -0.25) is 4.79 Å². The molecule has 4 bridgehead atoms. The van der Waals surface area contributed by atoms with Gasteiger partial charge in [0.2, 0.25) is 5.91 Å². The zero-order valence-electron chi connectivity index (χ0n) is 19.1. The standard InChI is InChI=1S/C26H34N4OS/c1-3-9-30-23(16-26-13-19-10-20(14-26)12-21(11-19)15-26)28-29-25(30)32-17-24(31)27-22-7-5-18(4-2)6-8-22/h3,5-8,19-21H,1,4,9-17H2,2H3,(H,27,31). The number of allylic oxidation sites excluding steroid dienone is 1. The second-order valence-corrected chi connectivity index (χ2v) is 11.2. The fourth-order valence-corrected chi connectivity index (χ4v) is 7.63. The molecule has 0 atom stereocenters. The lowest BCUT2D eigenvalue weighted by molar-refractivity contribution is -0.113. The van der Waals surface area contributed by atoms with Crippen molar-refractivity contribution < 1.29 is 4.79 Å². The molecule has 1 N–H and O–H groups in total. The zero-order valence-corrected chi connectivity index (χ0v) is 19.9. The molecular formula is C26H34N4OS. The van der Waals surface area contributed by atoms with Gasteiger partial charge in [0.05, 0.1) is 5.75 Å². The minimum Gasteiger partial charge on any atom is -0.325 e. The second-order valence-electron chi connectivity index (χ2n) is 10.3. The summed E-state index contributed by atoms with van der Waals surface area (Å²) in [6.45, 7) is 6.76. The van der Waals surface area contributed by atoms with Crippen molar-refractivity contribution >= 4 is 23.4 Å². The maximum absolute atomic E-state index is 12.5. The van der Waals surface area contributed by atoms with E-state index < -0.39 is 0 Å². The minimum absolute atomic E-state index is 0.0185. The van der Waals surface area contributed by atoms with Gasteiger partial charge in [0.1, 0.15) is 5.82 Å². The Morgan fingerprint density at radius 2 is 1.81 bits per heavy atom. The third kappa shape index (κ3) is 4.52. The van der Waals surface area contributed by atoms with Crippen LogP contribution in [0.1, 0.15) is 56.8 Å². The number of anilines is 1. The molecule has 1 aromatic carbocycles. The van der Waals surface area contributed by atoms with Gasteiger partial charge in [-0.1, -0.05) is 36.9 Å². The van der Waals surface area contributed by atoms with E-state index in [0.717, 1.165) is 47.3 Å². The Morgan fingerprint density at radius 1 is 1.16 bits per heavy atom. The van der Waals surface area contributed by atoms with Crippen molar-refractivity contribution in [1.29, 1.82) is 0 Å². The maximum Gasteiger partial charge on any atom is 0.234 e. The Kier molecular flexibility index (Phi) is 6.15. The number of benzene rings is 1. The average Bonchev–Trinajstić information content (AvgIpc) is 3.13. The molecule has 6 rings (SSSR count). The van der Waals surface area contributed by atoms with E-state index in [1.54, 1.807) is 0 Å². The molecule has 4 aliphatic rings. The first-order valence-electron chi connectivity index (χ1n) is 12.1. The van der Waals surface area contributed by atoms with E-state index in [4.69, 9.17) is 0 Å². The van der Waals surface area contributed by atoms with Crippen LogP contribution in [0.15, 0.2) is 42.1 Å². The molecule has 1 heterocycles. The third-order valence-electron chi connectivity index (χ3n) is 7.78. The lowest BCUT2D eigenvalue weighted by Gasteiger charge is -2.56. The molecule has 1 amide bonds. The summed E-state index contributed by atoms with van der Waals surface area (Å²) in [6, 6.07) is 8.04. The molecule has 32 heavy (non-hydrogen) atoms. The Morgan fingerprint density at radius 3 is 2.41 bits per heavy atom. The lowest BCUT2D eigenvalue weighted by Crippen LogP contribution is -2.47. The second kappa shape index (κ2) is 9.05. The van der Waals surface area contributed by atoms with Crippen LogP contribution in [-0.2, 0) is 24.2 Å². The van der Waals surface area contributed by atoms with Crippen LogP contribution in [-0.4, -0.2) is 26.4 Å². The van der Waals surface area contributed by atoms with Crippen LogP contribution in [0.4, 0.5) is 5.69 Å². The van der Waals surface area contributed by atoms with E-state index in [0.29, 0.717) is 17.7 Å². The number of carbonyl (C=O) groups excluding carboxylic acids is 1. The normalized spacial score (nSPS) is 28.1. The molecule has 0 aliphatic heterocycles. The molecule has 4 saturated carbocycles. The monoisotopic (exact) mass is 450 g/mol. The Labute approximate surface area is 195 Å². The lowest BCUT2D eigenvalue weighted by atomic mass is 9.49. The van der Waals surface area contributed by atoms with Gasteiger partial charge in [0.15, 0.2) is 5.16 Å². The highest BCUT2D eigenvalue weighted by Crippen LogP contribution is 2.61. The Bertz CT molecular complexity index is 945. The van der Waals surface area contributed by atoms with E-state index in [2.05, 4.69) is 45.7 Å². The van der Waals surface area contributed by atoms with Gasteiger partial charge in [-0.2, -0.15) is 0 Å². The van der Waals surface area contributed by atoms with Gasteiger partial charge < -0.3 is 9.88 Å². The predicted molar refractivity (Wildman–Crippen MR) is 130 cm³/mol. The summed E-state index contributed by atoms with van der Waals surface area (Å²) >= 11 is 1.46. The average molecular weight is 451 g/mol. The molecule has 0 saturated heterocycles. The SMILES string of the molecule is C=CCn1c(CC23CC4CC(CC(C4)C2)C3)nnc1SCC(=O)Nc1ccc(CC)cc1. The summed E-state index contributed by atoms with van der Waals surface area (Å²) in [5.74, 6) is 4.17.